The molecular weight excluding hydrogens is 158 g/mol. The molecule has 2 rings (SSSR count). The zero-order chi connectivity index (χ0) is 9.10. The van der Waals surface area contributed by atoms with Crippen LogP contribution in [0.5, 0.6) is 0 Å². The molecule has 13 heavy (non-hydrogen) atoms. The summed E-state index contributed by atoms with van der Waals surface area (Å²) in [4.78, 5) is 0. The maximum absolute atomic E-state index is 3.20. The third-order valence-electron chi connectivity index (χ3n) is 2.52. The number of hydrogen-bond donors (Lipinski definition) is 1. The van der Waals surface area contributed by atoms with Crippen molar-refractivity contribution < 1.29 is 0 Å². The van der Waals surface area contributed by atoms with E-state index in [0.29, 0.717) is 0 Å². The van der Waals surface area contributed by atoms with Crippen LogP contribution in [-0.2, 0) is 13.0 Å². The average Bonchev–Trinajstić information content (AvgIpc) is 2.19. The highest BCUT2D eigenvalue weighted by Crippen LogP contribution is 2.22. The van der Waals surface area contributed by atoms with Gasteiger partial charge in [0.2, 0.25) is 0 Å². The molecule has 0 fully saturated rings. The molecule has 1 aliphatic rings. The standard InChI is InChI=1S/C12H15N/c1-13-9-11-7-4-6-10-5-2-3-8-12(10)11/h3-4,6-8,13H,2,5,9H2,1H3. The fraction of sp³-hybridized carbons (Fsp3) is 0.333. The summed E-state index contributed by atoms with van der Waals surface area (Å²) in [5.74, 6) is 0. The summed E-state index contributed by atoms with van der Waals surface area (Å²) < 4.78 is 0. The van der Waals surface area contributed by atoms with Crippen molar-refractivity contribution in [3.05, 3.63) is 41.0 Å². The van der Waals surface area contributed by atoms with Crippen LogP contribution in [0.1, 0.15) is 23.1 Å². The molecule has 0 bridgehead atoms. The van der Waals surface area contributed by atoms with Gasteiger partial charge in [-0.05, 0) is 36.6 Å². The van der Waals surface area contributed by atoms with E-state index in [0.717, 1.165) is 6.54 Å². The van der Waals surface area contributed by atoms with Crippen molar-refractivity contribution in [1.82, 2.24) is 5.32 Å². The summed E-state index contributed by atoms with van der Waals surface area (Å²) >= 11 is 0. The van der Waals surface area contributed by atoms with Crippen LogP contribution in [-0.4, -0.2) is 7.05 Å². The Morgan fingerprint density at radius 1 is 1.38 bits per heavy atom. The minimum absolute atomic E-state index is 0.966. The van der Waals surface area contributed by atoms with Crippen LogP contribution in [0.3, 0.4) is 0 Å². The smallest absolute Gasteiger partial charge is 0.0208 e. The molecule has 0 atom stereocenters. The molecule has 1 aliphatic carbocycles. The van der Waals surface area contributed by atoms with Gasteiger partial charge in [0.1, 0.15) is 0 Å². The molecule has 1 heteroatoms. The van der Waals surface area contributed by atoms with Gasteiger partial charge in [-0.25, -0.2) is 0 Å². The topological polar surface area (TPSA) is 12.0 Å². The highest BCUT2D eigenvalue weighted by atomic mass is 14.8. The van der Waals surface area contributed by atoms with E-state index in [-0.39, 0.29) is 0 Å². The number of nitrogens with one attached hydrogen (secondary N) is 1. The molecule has 1 aromatic rings. The van der Waals surface area contributed by atoms with Crippen LogP contribution < -0.4 is 5.32 Å². The molecule has 0 aliphatic heterocycles. The normalized spacial score (nSPS) is 14.2. The second kappa shape index (κ2) is 3.75. The first-order valence-corrected chi connectivity index (χ1v) is 4.83. The van der Waals surface area contributed by atoms with E-state index in [2.05, 4.69) is 35.7 Å². The van der Waals surface area contributed by atoms with Crippen LogP contribution in [0.4, 0.5) is 0 Å². The van der Waals surface area contributed by atoms with Crippen molar-refractivity contribution in [2.45, 2.75) is 19.4 Å². The zero-order valence-corrected chi connectivity index (χ0v) is 8.01. The monoisotopic (exact) mass is 173 g/mol. The number of hydrogen-bond acceptors (Lipinski definition) is 1. The Morgan fingerprint density at radius 2 is 2.31 bits per heavy atom. The Balaban J connectivity index is 2.42. The summed E-state index contributed by atoms with van der Waals surface area (Å²) in [6, 6.07) is 6.59. The maximum atomic E-state index is 3.20. The number of allylic oxidation sites excluding steroid dienone is 1. The predicted molar refractivity (Wildman–Crippen MR) is 56.6 cm³/mol. The lowest BCUT2D eigenvalue weighted by atomic mass is 9.93. The van der Waals surface area contributed by atoms with E-state index in [4.69, 9.17) is 0 Å². The van der Waals surface area contributed by atoms with E-state index in [1.807, 2.05) is 7.05 Å². The number of fused-ring (bicyclic) bond motifs is 1. The number of aryl methyl sites for hydroxylation is 1. The zero-order valence-electron chi connectivity index (χ0n) is 8.01. The Kier molecular flexibility index (Phi) is 2.46. The Morgan fingerprint density at radius 3 is 3.15 bits per heavy atom. The number of benzene rings is 1. The quantitative estimate of drug-likeness (QED) is 0.724. The molecule has 0 aromatic heterocycles. The molecule has 0 radical (unpaired) electrons. The second-order valence-corrected chi connectivity index (χ2v) is 3.46. The van der Waals surface area contributed by atoms with Crippen molar-refractivity contribution in [3.8, 4) is 0 Å². The van der Waals surface area contributed by atoms with Crippen LogP contribution in [0.15, 0.2) is 24.3 Å². The third-order valence-corrected chi connectivity index (χ3v) is 2.52. The Labute approximate surface area is 79.5 Å². The van der Waals surface area contributed by atoms with E-state index in [1.165, 1.54) is 29.5 Å². The molecule has 1 N–H and O–H groups in total. The van der Waals surface area contributed by atoms with Gasteiger partial charge in [0, 0.05) is 6.54 Å². The SMILES string of the molecule is CNCc1cccc2c1C=CCC2. The van der Waals surface area contributed by atoms with E-state index in [1.54, 1.807) is 0 Å². The van der Waals surface area contributed by atoms with E-state index in [9.17, 15) is 0 Å². The second-order valence-electron chi connectivity index (χ2n) is 3.46. The van der Waals surface area contributed by atoms with Crippen molar-refractivity contribution in [1.29, 1.82) is 0 Å². The fourth-order valence-electron chi connectivity index (χ4n) is 1.88. The first-order valence-electron chi connectivity index (χ1n) is 4.83. The summed E-state index contributed by atoms with van der Waals surface area (Å²) in [5.41, 5.74) is 4.34. The van der Waals surface area contributed by atoms with Crippen molar-refractivity contribution in [2.75, 3.05) is 7.05 Å². The van der Waals surface area contributed by atoms with Gasteiger partial charge in [-0.2, -0.15) is 0 Å². The van der Waals surface area contributed by atoms with E-state index < -0.39 is 0 Å². The highest BCUT2D eigenvalue weighted by molar-refractivity contribution is 5.60. The summed E-state index contributed by atoms with van der Waals surface area (Å²) in [6.07, 6.45) is 6.91. The lowest BCUT2D eigenvalue weighted by Crippen LogP contribution is -2.08. The van der Waals surface area contributed by atoms with Gasteiger partial charge in [0.05, 0.1) is 0 Å². The first kappa shape index (κ1) is 8.52. The predicted octanol–water partition coefficient (Wildman–Crippen LogP) is 2.37. The van der Waals surface area contributed by atoms with Crippen LogP contribution in [0.2, 0.25) is 0 Å². The maximum Gasteiger partial charge on any atom is 0.0208 e. The summed E-state index contributed by atoms with van der Waals surface area (Å²) in [5, 5.41) is 3.20. The van der Waals surface area contributed by atoms with Gasteiger partial charge < -0.3 is 5.32 Å². The molecule has 0 saturated carbocycles. The molecule has 0 unspecified atom stereocenters. The fourth-order valence-corrected chi connectivity index (χ4v) is 1.88. The average molecular weight is 173 g/mol. The van der Waals surface area contributed by atoms with Gasteiger partial charge in [-0.15, -0.1) is 0 Å². The lowest BCUT2D eigenvalue weighted by Gasteiger charge is -2.14. The third kappa shape index (κ3) is 1.65. The van der Waals surface area contributed by atoms with Crippen LogP contribution in [0.25, 0.3) is 6.08 Å². The van der Waals surface area contributed by atoms with Crippen LogP contribution >= 0.6 is 0 Å². The molecule has 1 nitrogen and oxygen atoms in total. The van der Waals surface area contributed by atoms with Gasteiger partial charge in [0.15, 0.2) is 0 Å². The molecule has 0 amide bonds. The minimum atomic E-state index is 0.966. The number of rotatable bonds is 2. The lowest BCUT2D eigenvalue weighted by molar-refractivity contribution is 0.811. The van der Waals surface area contributed by atoms with Crippen molar-refractivity contribution >= 4 is 6.08 Å². The Hall–Kier alpha value is -1.08. The van der Waals surface area contributed by atoms with Gasteiger partial charge in [-0.3, -0.25) is 0 Å². The largest absolute Gasteiger partial charge is 0.316 e. The van der Waals surface area contributed by atoms with Crippen LogP contribution in [0, 0.1) is 0 Å². The summed E-state index contributed by atoms with van der Waals surface area (Å²) in [6.45, 7) is 0.966. The van der Waals surface area contributed by atoms with Gasteiger partial charge >= 0.3 is 0 Å². The van der Waals surface area contributed by atoms with Gasteiger partial charge in [0.25, 0.3) is 0 Å². The molecule has 0 saturated heterocycles. The molecule has 0 heterocycles. The molecular formula is C12H15N. The van der Waals surface area contributed by atoms with E-state index >= 15 is 0 Å². The summed E-state index contributed by atoms with van der Waals surface area (Å²) in [7, 11) is 1.99. The van der Waals surface area contributed by atoms with Crippen molar-refractivity contribution in [2.24, 2.45) is 0 Å². The molecule has 0 spiro atoms. The van der Waals surface area contributed by atoms with Gasteiger partial charge in [-0.1, -0.05) is 30.4 Å². The Bertz CT molecular complexity index is 326. The minimum Gasteiger partial charge on any atom is -0.316 e. The highest BCUT2D eigenvalue weighted by Gasteiger charge is 2.07. The molecule has 68 valence electrons. The first-order chi connectivity index (χ1) is 6.42. The molecule has 1 aromatic carbocycles. The van der Waals surface area contributed by atoms with Crippen molar-refractivity contribution in [3.63, 3.8) is 0 Å².